The molecule has 2 unspecified atom stereocenters. The number of nitrogens with one attached hydrogen (secondary N) is 1. The molecule has 2 aliphatic rings. The van der Waals surface area contributed by atoms with Gasteiger partial charge in [0.1, 0.15) is 0 Å². The van der Waals surface area contributed by atoms with Gasteiger partial charge in [-0.15, -0.1) is 0 Å². The van der Waals surface area contributed by atoms with Gasteiger partial charge in [-0.1, -0.05) is 20.3 Å². The molecule has 0 aromatic heterocycles. The van der Waals surface area contributed by atoms with E-state index >= 15 is 0 Å². The second kappa shape index (κ2) is 5.05. The van der Waals surface area contributed by atoms with Gasteiger partial charge in [0, 0.05) is 6.04 Å². The third-order valence-corrected chi connectivity index (χ3v) is 4.88. The highest BCUT2D eigenvalue weighted by atomic mass is 16.3. The molecule has 0 radical (unpaired) electrons. The fraction of sp³-hybridized carbons (Fsp3) is 1.00. The first kappa shape index (κ1) is 12.4. The Morgan fingerprint density at radius 1 is 1.25 bits per heavy atom. The fourth-order valence-electron chi connectivity index (χ4n) is 3.39. The molecule has 1 saturated carbocycles. The van der Waals surface area contributed by atoms with Crippen LogP contribution in [-0.2, 0) is 0 Å². The van der Waals surface area contributed by atoms with E-state index in [-0.39, 0.29) is 0 Å². The summed E-state index contributed by atoms with van der Waals surface area (Å²) in [6.07, 6.45) is 8.15. The molecule has 0 amide bonds. The van der Waals surface area contributed by atoms with Crippen LogP contribution >= 0.6 is 0 Å². The normalized spacial score (nSPS) is 45.6. The van der Waals surface area contributed by atoms with Crippen molar-refractivity contribution in [2.45, 2.75) is 70.4 Å². The van der Waals surface area contributed by atoms with E-state index < -0.39 is 5.60 Å². The molecule has 2 nitrogen and oxygen atoms in total. The van der Waals surface area contributed by atoms with Gasteiger partial charge in [0.15, 0.2) is 0 Å². The van der Waals surface area contributed by atoms with Crippen LogP contribution in [0.3, 0.4) is 0 Å². The van der Waals surface area contributed by atoms with Crippen LogP contribution in [0, 0.1) is 11.8 Å². The third kappa shape index (κ3) is 2.60. The lowest BCUT2D eigenvalue weighted by atomic mass is 9.72. The second-order valence-electron chi connectivity index (χ2n) is 6.09. The van der Waals surface area contributed by atoms with Crippen molar-refractivity contribution in [3.8, 4) is 0 Å². The van der Waals surface area contributed by atoms with Gasteiger partial charge in [-0.05, 0) is 56.9 Å². The number of rotatable bonds is 2. The van der Waals surface area contributed by atoms with Gasteiger partial charge in [-0.3, -0.25) is 0 Å². The molecule has 0 aromatic carbocycles. The van der Waals surface area contributed by atoms with Crippen LogP contribution in [0.1, 0.15) is 58.8 Å². The summed E-state index contributed by atoms with van der Waals surface area (Å²) in [4.78, 5) is 0. The highest BCUT2D eigenvalue weighted by Gasteiger charge is 2.41. The van der Waals surface area contributed by atoms with Crippen LogP contribution in [0.4, 0.5) is 0 Å². The van der Waals surface area contributed by atoms with E-state index in [1.54, 1.807) is 0 Å². The molecule has 2 N–H and O–H groups in total. The van der Waals surface area contributed by atoms with Crippen molar-refractivity contribution in [2.75, 3.05) is 6.54 Å². The van der Waals surface area contributed by atoms with Crippen LogP contribution < -0.4 is 5.32 Å². The van der Waals surface area contributed by atoms with Crippen molar-refractivity contribution >= 4 is 0 Å². The zero-order chi connectivity index (χ0) is 11.6. The van der Waals surface area contributed by atoms with Crippen LogP contribution in [0.2, 0.25) is 0 Å². The van der Waals surface area contributed by atoms with Crippen molar-refractivity contribution in [2.24, 2.45) is 11.8 Å². The Bertz CT molecular complexity index is 221. The first-order valence-electron chi connectivity index (χ1n) is 7.10. The molecule has 2 atom stereocenters. The summed E-state index contributed by atoms with van der Waals surface area (Å²) < 4.78 is 0. The third-order valence-electron chi connectivity index (χ3n) is 4.88. The summed E-state index contributed by atoms with van der Waals surface area (Å²) in [6, 6.07) is 0.360. The quantitative estimate of drug-likeness (QED) is 0.757. The Balaban J connectivity index is 1.94. The molecule has 94 valence electrons. The molecule has 0 spiro atoms. The van der Waals surface area contributed by atoms with E-state index in [1.165, 1.54) is 32.1 Å². The molecule has 1 heterocycles. The van der Waals surface area contributed by atoms with E-state index in [2.05, 4.69) is 19.2 Å². The SMILES string of the molecule is CCC1CCNC(C2(O)CCC(C)CC2)C1. The average Bonchev–Trinajstić information content (AvgIpc) is 2.33. The lowest BCUT2D eigenvalue weighted by Gasteiger charge is -2.44. The summed E-state index contributed by atoms with van der Waals surface area (Å²) in [5.41, 5.74) is -0.402. The van der Waals surface area contributed by atoms with Gasteiger partial charge in [0.05, 0.1) is 5.60 Å². The van der Waals surface area contributed by atoms with Gasteiger partial charge >= 0.3 is 0 Å². The van der Waals surface area contributed by atoms with Crippen LogP contribution in [0.15, 0.2) is 0 Å². The Kier molecular flexibility index (Phi) is 3.91. The van der Waals surface area contributed by atoms with Crippen molar-refractivity contribution in [3.63, 3.8) is 0 Å². The molecule has 2 rings (SSSR count). The maximum absolute atomic E-state index is 10.8. The molecule has 1 saturated heterocycles. The van der Waals surface area contributed by atoms with Crippen molar-refractivity contribution in [1.82, 2.24) is 5.32 Å². The standard InChI is InChI=1S/C14H27NO/c1-3-12-6-9-15-13(10-12)14(16)7-4-11(2)5-8-14/h11-13,15-16H,3-10H2,1-2H3. The maximum Gasteiger partial charge on any atom is 0.0800 e. The Morgan fingerprint density at radius 2 is 1.94 bits per heavy atom. The topological polar surface area (TPSA) is 32.3 Å². The molecular weight excluding hydrogens is 198 g/mol. The number of piperidine rings is 1. The largest absolute Gasteiger partial charge is 0.388 e. The Hall–Kier alpha value is -0.0800. The minimum atomic E-state index is -0.402. The average molecular weight is 225 g/mol. The fourth-order valence-corrected chi connectivity index (χ4v) is 3.39. The van der Waals surface area contributed by atoms with Gasteiger partial charge < -0.3 is 10.4 Å². The Labute approximate surface area is 99.8 Å². The lowest BCUT2D eigenvalue weighted by molar-refractivity contribution is -0.0520. The highest BCUT2D eigenvalue weighted by Crippen LogP contribution is 2.37. The molecule has 16 heavy (non-hydrogen) atoms. The number of aliphatic hydroxyl groups is 1. The van der Waals surface area contributed by atoms with E-state index in [9.17, 15) is 5.11 Å². The van der Waals surface area contributed by atoms with E-state index in [4.69, 9.17) is 0 Å². The number of hydrogen-bond donors (Lipinski definition) is 2. The molecule has 1 aliphatic carbocycles. The van der Waals surface area contributed by atoms with Gasteiger partial charge in [0.25, 0.3) is 0 Å². The molecular formula is C14H27NO. The summed E-state index contributed by atoms with van der Waals surface area (Å²) in [6.45, 7) is 5.68. The van der Waals surface area contributed by atoms with Crippen molar-refractivity contribution in [3.05, 3.63) is 0 Å². The lowest BCUT2D eigenvalue weighted by Crippen LogP contribution is -2.55. The van der Waals surface area contributed by atoms with Gasteiger partial charge in [-0.2, -0.15) is 0 Å². The van der Waals surface area contributed by atoms with Crippen LogP contribution in [0.25, 0.3) is 0 Å². The first-order chi connectivity index (χ1) is 7.64. The predicted octanol–water partition coefficient (Wildman–Crippen LogP) is 2.71. The Morgan fingerprint density at radius 3 is 2.56 bits per heavy atom. The van der Waals surface area contributed by atoms with E-state index in [0.717, 1.165) is 31.2 Å². The maximum atomic E-state index is 10.8. The van der Waals surface area contributed by atoms with E-state index in [0.29, 0.717) is 6.04 Å². The van der Waals surface area contributed by atoms with Crippen molar-refractivity contribution < 1.29 is 5.11 Å². The first-order valence-corrected chi connectivity index (χ1v) is 7.10. The predicted molar refractivity (Wildman–Crippen MR) is 67.4 cm³/mol. The molecule has 0 aromatic rings. The van der Waals surface area contributed by atoms with Crippen LogP contribution in [0.5, 0.6) is 0 Å². The molecule has 2 fully saturated rings. The summed E-state index contributed by atoms with van der Waals surface area (Å²) in [5, 5.41) is 14.3. The minimum absolute atomic E-state index is 0.360. The number of hydrogen-bond acceptors (Lipinski definition) is 2. The van der Waals surface area contributed by atoms with Crippen LogP contribution in [-0.4, -0.2) is 23.3 Å². The highest BCUT2D eigenvalue weighted by molar-refractivity contribution is 4.97. The molecule has 1 aliphatic heterocycles. The molecule has 2 heteroatoms. The zero-order valence-electron chi connectivity index (χ0n) is 10.8. The zero-order valence-corrected chi connectivity index (χ0v) is 10.8. The summed E-state index contributed by atoms with van der Waals surface area (Å²) in [5.74, 6) is 1.64. The molecule has 0 bridgehead atoms. The monoisotopic (exact) mass is 225 g/mol. The van der Waals surface area contributed by atoms with E-state index in [1.807, 2.05) is 0 Å². The summed E-state index contributed by atoms with van der Waals surface area (Å²) in [7, 11) is 0. The smallest absolute Gasteiger partial charge is 0.0800 e. The minimum Gasteiger partial charge on any atom is -0.388 e. The van der Waals surface area contributed by atoms with Crippen molar-refractivity contribution in [1.29, 1.82) is 0 Å². The summed E-state index contributed by atoms with van der Waals surface area (Å²) >= 11 is 0. The second-order valence-corrected chi connectivity index (χ2v) is 6.09. The van der Waals surface area contributed by atoms with Gasteiger partial charge in [-0.25, -0.2) is 0 Å². The van der Waals surface area contributed by atoms with Gasteiger partial charge in [0.2, 0.25) is 0 Å².